The van der Waals surface area contributed by atoms with E-state index >= 15 is 0 Å². The maximum atomic E-state index is 12.9. The molecule has 14 heavy (non-hydrogen) atoms. The van der Waals surface area contributed by atoms with Gasteiger partial charge < -0.3 is 16.2 Å². The Morgan fingerprint density at radius 2 is 2.07 bits per heavy atom. The highest BCUT2D eigenvalue weighted by Crippen LogP contribution is 2.33. The molecular weight excluding hydrogens is 278 g/mol. The number of hydrogen-bond acceptors (Lipinski definition) is 2. The fraction of sp³-hybridized carbons (Fsp3) is 0. The van der Waals surface area contributed by atoms with E-state index in [9.17, 15) is 8.78 Å². The SMILES string of the molecule is NC(=S)Nc1cc(Br)c(F)c(F)c1O. The average molecular weight is 283 g/mol. The summed E-state index contributed by atoms with van der Waals surface area (Å²) < 4.78 is 25.6. The molecule has 1 rings (SSSR count). The van der Waals surface area contributed by atoms with Crippen LogP contribution in [0.3, 0.4) is 0 Å². The summed E-state index contributed by atoms with van der Waals surface area (Å²) in [6, 6.07) is 1.13. The Morgan fingerprint density at radius 3 is 2.57 bits per heavy atom. The van der Waals surface area contributed by atoms with Crippen LogP contribution < -0.4 is 11.1 Å². The Kier molecular flexibility index (Phi) is 3.22. The lowest BCUT2D eigenvalue weighted by Gasteiger charge is -2.08. The summed E-state index contributed by atoms with van der Waals surface area (Å²) in [4.78, 5) is 0. The van der Waals surface area contributed by atoms with Crippen LogP contribution >= 0.6 is 28.1 Å². The fourth-order valence-corrected chi connectivity index (χ4v) is 1.33. The number of thiocarbonyl (C=S) groups is 1. The van der Waals surface area contributed by atoms with Crippen molar-refractivity contribution >= 4 is 38.9 Å². The first-order valence-corrected chi connectivity index (χ1v) is 4.56. The third kappa shape index (κ3) is 2.10. The van der Waals surface area contributed by atoms with Crippen molar-refractivity contribution in [1.82, 2.24) is 0 Å². The number of phenols is 1. The van der Waals surface area contributed by atoms with E-state index in [2.05, 4.69) is 33.5 Å². The highest BCUT2D eigenvalue weighted by atomic mass is 79.9. The van der Waals surface area contributed by atoms with Crippen LogP contribution in [0, 0.1) is 11.6 Å². The van der Waals surface area contributed by atoms with Crippen molar-refractivity contribution in [3.63, 3.8) is 0 Å². The van der Waals surface area contributed by atoms with Crippen LogP contribution in [0.15, 0.2) is 10.5 Å². The fourth-order valence-electron chi connectivity index (χ4n) is 0.813. The van der Waals surface area contributed by atoms with Crippen molar-refractivity contribution in [1.29, 1.82) is 0 Å². The lowest BCUT2D eigenvalue weighted by molar-refractivity contribution is 0.408. The molecule has 7 heteroatoms. The molecule has 0 unspecified atom stereocenters. The smallest absolute Gasteiger partial charge is 0.203 e. The lowest BCUT2D eigenvalue weighted by atomic mass is 10.2. The average Bonchev–Trinajstić information content (AvgIpc) is 2.10. The van der Waals surface area contributed by atoms with Crippen LogP contribution in [-0.4, -0.2) is 10.2 Å². The Morgan fingerprint density at radius 1 is 1.50 bits per heavy atom. The molecule has 0 saturated carbocycles. The molecule has 0 bridgehead atoms. The third-order valence-corrected chi connectivity index (χ3v) is 2.07. The van der Waals surface area contributed by atoms with Crippen molar-refractivity contribution in [3.05, 3.63) is 22.2 Å². The molecule has 3 nitrogen and oxygen atoms in total. The molecule has 0 aliphatic carbocycles. The van der Waals surface area contributed by atoms with Gasteiger partial charge in [-0.15, -0.1) is 0 Å². The summed E-state index contributed by atoms with van der Waals surface area (Å²) >= 11 is 7.25. The Labute approximate surface area is 92.0 Å². The first-order valence-electron chi connectivity index (χ1n) is 3.36. The van der Waals surface area contributed by atoms with E-state index in [0.29, 0.717) is 0 Å². The van der Waals surface area contributed by atoms with Gasteiger partial charge in [0.2, 0.25) is 5.82 Å². The van der Waals surface area contributed by atoms with Gasteiger partial charge >= 0.3 is 0 Å². The maximum Gasteiger partial charge on any atom is 0.203 e. The van der Waals surface area contributed by atoms with Gasteiger partial charge in [0.15, 0.2) is 16.7 Å². The summed E-state index contributed by atoms with van der Waals surface area (Å²) in [7, 11) is 0. The molecule has 0 aromatic heterocycles. The summed E-state index contributed by atoms with van der Waals surface area (Å²) in [5.74, 6) is -3.40. The Hall–Kier alpha value is -0.950. The number of rotatable bonds is 1. The minimum absolute atomic E-state index is 0.0942. The maximum absolute atomic E-state index is 12.9. The van der Waals surface area contributed by atoms with Gasteiger partial charge in [-0.2, -0.15) is 4.39 Å². The minimum atomic E-state index is -1.36. The number of halogens is 3. The lowest BCUT2D eigenvalue weighted by Crippen LogP contribution is -2.19. The molecule has 0 aliphatic heterocycles. The quantitative estimate of drug-likeness (QED) is 0.419. The van der Waals surface area contributed by atoms with Gasteiger partial charge in [-0.25, -0.2) is 4.39 Å². The molecule has 0 heterocycles. The molecular formula is C7H5BrF2N2OS. The number of benzene rings is 1. The summed E-state index contributed by atoms with van der Waals surface area (Å²) in [6.45, 7) is 0. The second-order valence-corrected chi connectivity index (χ2v) is 3.67. The van der Waals surface area contributed by atoms with Crippen LogP contribution in [0.2, 0.25) is 0 Å². The molecule has 0 radical (unpaired) electrons. The first-order chi connectivity index (χ1) is 6.43. The standard InChI is InChI=1S/C7H5BrF2N2OS/c8-2-1-3(12-7(11)14)6(13)5(10)4(2)9/h1,13H,(H3,11,12,14). The van der Waals surface area contributed by atoms with Gasteiger partial charge in [-0.3, -0.25) is 0 Å². The minimum Gasteiger partial charge on any atom is -0.503 e. The van der Waals surface area contributed by atoms with E-state index in [0.717, 1.165) is 6.07 Å². The van der Waals surface area contributed by atoms with E-state index in [4.69, 9.17) is 10.8 Å². The second-order valence-electron chi connectivity index (χ2n) is 2.37. The van der Waals surface area contributed by atoms with Gasteiger partial charge in [-0.05, 0) is 34.2 Å². The molecule has 0 spiro atoms. The van der Waals surface area contributed by atoms with E-state index in [1.54, 1.807) is 0 Å². The summed E-state index contributed by atoms with van der Waals surface area (Å²) in [5.41, 5.74) is 5.02. The first kappa shape index (κ1) is 11.1. The zero-order valence-corrected chi connectivity index (χ0v) is 9.05. The topological polar surface area (TPSA) is 58.3 Å². The van der Waals surface area contributed by atoms with Gasteiger partial charge in [0, 0.05) is 0 Å². The predicted octanol–water partition coefficient (Wildman–Crippen LogP) is 2.09. The van der Waals surface area contributed by atoms with E-state index in [1.165, 1.54) is 0 Å². The number of nitrogens with one attached hydrogen (secondary N) is 1. The highest BCUT2D eigenvalue weighted by Gasteiger charge is 2.16. The van der Waals surface area contributed by atoms with Gasteiger partial charge in [0.1, 0.15) is 0 Å². The number of hydrogen-bond donors (Lipinski definition) is 3. The van der Waals surface area contributed by atoms with E-state index in [-0.39, 0.29) is 15.3 Å². The summed E-state index contributed by atoms with van der Waals surface area (Å²) in [5, 5.41) is 11.3. The number of nitrogens with two attached hydrogens (primary N) is 1. The molecule has 1 aromatic rings. The van der Waals surface area contributed by atoms with Crippen LogP contribution in [0.25, 0.3) is 0 Å². The van der Waals surface area contributed by atoms with Crippen molar-refractivity contribution in [2.24, 2.45) is 5.73 Å². The summed E-state index contributed by atoms with van der Waals surface area (Å²) in [6.07, 6.45) is 0. The molecule has 76 valence electrons. The van der Waals surface area contributed by atoms with Crippen LogP contribution in [0.1, 0.15) is 0 Å². The van der Waals surface area contributed by atoms with Crippen molar-refractivity contribution in [2.75, 3.05) is 5.32 Å². The third-order valence-electron chi connectivity index (χ3n) is 1.39. The second kappa shape index (κ2) is 4.05. The van der Waals surface area contributed by atoms with Crippen molar-refractivity contribution in [3.8, 4) is 5.75 Å². The molecule has 4 N–H and O–H groups in total. The predicted molar refractivity (Wildman–Crippen MR) is 56.1 cm³/mol. The number of anilines is 1. The molecule has 0 aliphatic rings. The molecule has 0 amide bonds. The molecule has 0 atom stereocenters. The molecule has 0 fully saturated rings. The monoisotopic (exact) mass is 282 g/mol. The zero-order chi connectivity index (χ0) is 10.9. The van der Waals surface area contributed by atoms with Crippen LogP contribution in [-0.2, 0) is 0 Å². The number of aromatic hydroxyl groups is 1. The van der Waals surface area contributed by atoms with Crippen molar-refractivity contribution in [2.45, 2.75) is 0 Å². The number of phenolic OH excluding ortho intramolecular Hbond substituents is 1. The van der Waals surface area contributed by atoms with Crippen molar-refractivity contribution < 1.29 is 13.9 Å². The van der Waals surface area contributed by atoms with Gasteiger partial charge in [0.25, 0.3) is 0 Å². The molecule has 1 aromatic carbocycles. The molecule has 0 saturated heterocycles. The Balaban J connectivity index is 3.25. The largest absolute Gasteiger partial charge is 0.503 e. The normalized spacial score (nSPS) is 9.93. The zero-order valence-electron chi connectivity index (χ0n) is 6.64. The highest BCUT2D eigenvalue weighted by molar-refractivity contribution is 9.10. The van der Waals surface area contributed by atoms with E-state index < -0.39 is 17.4 Å². The van der Waals surface area contributed by atoms with Gasteiger partial charge in [-0.1, -0.05) is 0 Å². The Bertz CT molecular complexity index is 400. The van der Waals surface area contributed by atoms with Crippen LogP contribution in [0.4, 0.5) is 14.5 Å². The van der Waals surface area contributed by atoms with Crippen LogP contribution in [0.5, 0.6) is 5.75 Å². The van der Waals surface area contributed by atoms with Gasteiger partial charge in [0.05, 0.1) is 10.2 Å². The van der Waals surface area contributed by atoms with E-state index in [1.807, 2.05) is 0 Å².